The zero-order chi connectivity index (χ0) is 30.5. The van der Waals surface area contributed by atoms with Crippen molar-refractivity contribution in [1.82, 2.24) is 15.2 Å². The second-order valence-corrected chi connectivity index (χ2v) is 13.2. The zero-order valence-corrected chi connectivity index (χ0v) is 25.7. The van der Waals surface area contributed by atoms with Crippen LogP contribution in [0.3, 0.4) is 0 Å². The van der Waals surface area contributed by atoms with Crippen molar-refractivity contribution in [2.45, 2.75) is 45.1 Å². The van der Waals surface area contributed by atoms with E-state index in [9.17, 15) is 13.2 Å². The summed E-state index contributed by atoms with van der Waals surface area (Å²) in [5.74, 6) is 5.64. The van der Waals surface area contributed by atoms with Crippen molar-refractivity contribution < 1.29 is 22.3 Å². The third kappa shape index (κ3) is 7.85. The summed E-state index contributed by atoms with van der Waals surface area (Å²) in [7, 11) is -4.03. The van der Waals surface area contributed by atoms with Crippen LogP contribution in [0.25, 0.3) is 10.2 Å². The predicted octanol–water partition coefficient (Wildman–Crippen LogP) is 6.25. The highest BCUT2D eigenvalue weighted by Crippen LogP contribution is 2.36. The van der Waals surface area contributed by atoms with Crippen LogP contribution < -0.4 is 14.8 Å². The number of pyridine rings is 1. The number of halogens is 1. The Labute approximate surface area is 250 Å². The smallest absolute Gasteiger partial charge is 0.261 e. The fourth-order valence-corrected chi connectivity index (χ4v) is 5.91. The number of thiophene rings is 1. The number of fused-ring (bicyclic) bond motifs is 1. The monoisotopic (exact) mass is 608 g/mol. The lowest BCUT2D eigenvalue weighted by molar-refractivity contribution is 0.0919. The molecule has 4 aromatic rings. The first kappa shape index (κ1) is 31.0. The largest absolute Gasteiger partial charge is 0.453 e. The summed E-state index contributed by atoms with van der Waals surface area (Å²) in [4.78, 5) is 19.7. The maximum Gasteiger partial charge on any atom is 0.261 e. The summed E-state index contributed by atoms with van der Waals surface area (Å²) in [6.45, 7) is 12.3. The van der Waals surface area contributed by atoms with Gasteiger partial charge in [-0.1, -0.05) is 25.7 Å². The van der Waals surface area contributed by atoms with Gasteiger partial charge in [-0.15, -0.1) is 11.3 Å². The Balaban J connectivity index is 1.47. The summed E-state index contributed by atoms with van der Waals surface area (Å²) < 4.78 is 49.9. The number of nitrogens with one attached hydrogen (secondary N) is 2. The molecule has 0 spiro atoms. The SMILES string of the molecule is CCN(CC)CC#Cc1cc2nccc(Oc3ccc(NS(=O)(=O)c4ccc(C(=O)NC(C)(C)C)cc4)cc3F)c2s1. The minimum Gasteiger partial charge on any atom is -0.453 e. The molecule has 0 saturated heterocycles. The Morgan fingerprint density at radius 3 is 2.40 bits per heavy atom. The van der Waals surface area contributed by atoms with Crippen molar-refractivity contribution in [3.05, 3.63) is 77.1 Å². The lowest BCUT2D eigenvalue weighted by Crippen LogP contribution is -2.40. The van der Waals surface area contributed by atoms with E-state index in [1.807, 2.05) is 26.8 Å². The van der Waals surface area contributed by atoms with Gasteiger partial charge in [0.1, 0.15) is 5.75 Å². The van der Waals surface area contributed by atoms with Crippen LogP contribution in [-0.4, -0.2) is 49.4 Å². The van der Waals surface area contributed by atoms with E-state index in [2.05, 4.69) is 45.6 Å². The molecule has 0 aliphatic heterocycles. The normalized spacial score (nSPS) is 11.7. The van der Waals surface area contributed by atoms with E-state index in [1.54, 1.807) is 12.3 Å². The van der Waals surface area contributed by atoms with Crippen molar-refractivity contribution in [3.63, 3.8) is 0 Å². The molecule has 0 unspecified atom stereocenters. The Kier molecular flexibility index (Phi) is 9.51. The van der Waals surface area contributed by atoms with Crippen molar-refractivity contribution in [3.8, 4) is 23.3 Å². The van der Waals surface area contributed by atoms with Crippen molar-refractivity contribution in [2.24, 2.45) is 0 Å². The molecule has 2 heterocycles. The van der Waals surface area contributed by atoms with Gasteiger partial charge in [0.15, 0.2) is 11.6 Å². The van der Waals surface area contributed by atoms with Crippen LogP contribution in [0.4, 0.5) is 10.1 Å². The van der Waals surface area contributed by atoms with Gasteiger partial charge in [0.2, 0.25) is 0 Å². The van der Waals surface area contributed by atoms with Crippen LogP contribution in [0.1, 0.15) is 49.9 Å². The fourth-order valence-electron chi connectivity index (χ4n) is 3.92. The van der Waals surface area contributed by atoms with E-state index in [0.717, 1.165) is 28.7 Å². The maximum atomic E-state index is 15.1. The number of rotatable bonds is 9. The van der Waals surface area contributed by atoms with Gasteiger partial charge in [0.05, 0.1) is 32.2 Å². The van der Waals surface area contributed by atoms with Crippen LogP contribution in [0.2, 0.25) is 0 Å². The van der Waals surface area contributed by atoms with E-state index in [-0.39, 0.29) is 22.2 Å². The molecule has 42 heavy (non-hydrogen) atoms. The predicted molar refractivity (Wildman–Crippen MR) is 165 cm³/mol. The third-order valence-electron chi connectivity index (χ3n) is 6.10. The lowest BCUT2D eigenvalue weighted by atomic mass is 10.1. The van der Waals surface area contributed by atoms with E-state index < -0.39 is 21.4 Å². The van der Waals surface area contributed by atoms with Gasteiger partial charge in [-0.3, -0.25) is 19.4 Å². The van der Waals surface area contributed by atoms with Crippen LogP contribution in [-0.2, 0) is 10.0 Å². The first-order valence-corrected chi connectivity index (χ1v) is 15.7. The van der Waals surface area contributed by atoms with E-state index in [1.165, 1.54) is 47.7 Å². The van der Waals surface area contributed by atoms with Gasteiger partial charge in [-0.05, 0) is 76.3 Å². The number of benzene rings is 2. The van der Waals surface area contributed by atoms with Gasteiger partial charge in [-0.25, -0.2) is 12.8 Å². The number of nitrogens with zero attached hydrogens (tertiary/aromatic N) is 2. The van der Waals surface area contributed by atoms with Gasteiger partial charge >= 0.3 is 0 Å². The summed E-state index contributed by atoms with van der Waals surface area (Å²) in [6, 6.07) is 12.8. The van der Waals surface area contributed by atoms with Gasteiger partial charge < -0.3 is 10.1 Å². The minimum atomic E-state index is -4.03. The Bertz CT molecular complexity index is 1750. The number of hydrogen-bond acceptors (Lipinski definition) is 7. The molecule has 1 amide bonds. The summed E-state index contributed by atoms with van der Waals surface area (Å²) in [5.41, 5.74) is 0.609. The molecule has 11 heteroatoms. The van der Waals surface area contributed by atoms with Crippen molar-refractivity contribution in [2.75, 3.05) is 24.4 Å². The molecule has 0 radical (unpaired) electrons. The van der Waals surface area contributed by atoms with Crippen LogP contribution in [0, 0.1) is 17.7 Å². The molecule has 0 fully saturated rings. The summed E-state index contributed by atoms with van der Waals surface area (Å²) in [5, 5.41) is 2.82. The maximum absolute atomic E-state index is 15.1. The summed E-state index contributed by atoms with van der Waals surface area (Å²) in [6.07, 6.45) is 1.58. The number of ether oxygens (including phenoxy) is 1. The molecule has 8 nitrogen and oxygen atoms in total. The van der Waals surface area contributed by atoms with E-state index >= 15 is 4.39 Å². The first-order valence-electron chi connectivity index (χ1n) is 13.4. The van der Waals surface area contributed by atoms with Crippen LogP contribution >= 0.6 is 11.3 Å². The standard InChI is InChI=1S/C31H33FN4O4S2/c1-6-36(7-2)18-8-9-23-20-26-29(41-23)28(16-17-33-26)40-27-15-12-22(19-25(27)32)35-42(38,39)24-13-10-21(11-14-24)30(37)34-31(3,4)5/h10-17,19-20,35H,6-7,18H2,1-5H3,(H,34,37). The second kappa shape index (κ2) is 12.9. The molecule has 0 bridgehead atoms. The Morgan fingerprint density at radius 2 is 1.76 bits per heavy atom. The number of amides is 1. The van der Waals surface area contributed by atoms with E-state index in [0.29, 0.717) is 23.4 Å². The molecular formula is C31H33FN4O4S2. The number of aromatic nitrogens is 1. The van der Waals surface area contributed by atoms with E-state index in [4.69, 9.17) is 4.74 Å². The van der Waals surface area contributed by atoms with Gasteiger partial charge in [0.25, 0.3) is 15.9 Å². The Morgan fingerprint density at radius 1 is 1.05 bits per heavy atom. The average molecular weight is 609 g/mol. The highest BCUT2D eigenvalue weighted by Gasteiger charge is 2.19. The number of hydrogen-bond donors (Lipinski definition) is 2. The molecular weight excluding hydrogens is 575 g/mol. The van der Waals surface area contributed by atoms with Crippen LogP contribution in [0.5, 0.6) is 11.5 Å². The number of anilines is 1. The minimum absolute atomic E-state index is 0.0242. The van der Waals surface area contributed by atoms with Crippen molar-refractivity contribution in [1.29, 1.82) is 0 Å². The quantitative estimate of drug-likeness (QED) is 0.218. The molecule has 220 valence electrons. The molecule has 4 rings (SSSR count). The third-order valence-corrected chi connectivity index (χ3v) is 8.56. The van der Waals surface area contributed by atoms with Gasteiger partial charge in [0, 0.05) is 29.4 Å². The van der Waals surface area contributed by atoms with Crippen LogP contribution in [0.15, 0.2) is 65.7 Å². The Hall–Kier alpha value is -3.98. The summed E-state index contributed by atoms with van der Waals surface area (Å²) >= 11 is 1.41. The highest BCUT2D eigenvalue weighted by molar-refractivity contribution is 7.92. The molecule has 2 aromatic carbocycles. The topological polar surface area (TPSA) is 101 Å². The fraction of sp³-hybridized carbons (Fsp3) is 0.290. The molecule has 0 saturated carbocycles. The number of carbonyl (C=O) groups is 1. The highest BCUT2D eigenvalue weighted by atomic mass is 32.2. The first-order chi connectivity index (χ1) is 19.9. The lowest BCUT2D eigenvalue weighted by Gasteiger charge is -2.20. The number of carbonyl (C=O) groups excluding carboxylic acids is 1. The molecule has 2 N–H and O–H groups in total. The molecule has 2 aromatic heterocycles. The molecule has 0 aliphatic carbocycles. The van der Waals surface area contributed by atoms with Gasteiger partial charge in [-0.2, -0.15) is 0 Å². The second-order valence-electron chi connectivity index (χ2n) is 10.5. The molecule has 0 atom stereocenters. The molecule has 0 aliphatic rings. The zero-order valence-electron chi connectivity index (χ0n) is 24.1. The average Bonchev–Trinajstić information content (AvgIpc) is 3.35. The number of sulfonamides is 1. The van der Waals surface area contributed by atoms with Crippen molar-refractivity contribution >= 4 is 43.2 Å².